The van der Waals surface area contributed by atoms with Gasteiger partial charge in [0.15, 0.2) is 4.67 Å². The van der Waals surface area contributed by atoms with Crippen LogP contribution in [0.4, 0.5) is 8.78 Å². The molecule has 0 aromatic carbocycles. The quantitative estimate of drug-likeness (QED) is 0.923. The van der Waals surface area contributed by atoms with Crippen molar-refractivity contribution in [2.24, 2.45) is 0 Å². The van der Waals surface area contributed by atoms with E-state index >= 15 is 0 Å². The van der Waals surface area contributed by atoms with Crippen LogP contribution in [0.1, 0.15) is 23.7 Å². The van der Waals surface area contributed by atoms with Crippen molar-refractivity contribution in [3.05, 3.63) is 22.1 Å². The molecule has 1 N–H and O–H groups in total. The number of carboxylic acid groups (broad SMARTS) is 1. The van der Waals surface area contributed by atoms with E-state index in [-0.39, 0.29) is 5.76 Å². The third kappa shape index (κ3) is 3.02. The number of carbonyl (C=O) groups is 1. The minimum absolute atomic E-state index is 0.0271. The van der Waals surface area contributed by atoms with Crippen LogP contribution in [0.25, 0.3) is 0 Å². The van der Waals surface area contributed by atoms with E-state index in [9.17, 15) is 13.6 Å². The van der Waals surface area contributed by atoms with Gasteiger partial charge in [0, 0.05) is 0 Å². The maximum Gasteiger partial charge on any atom is 0.304 e. The first kappa shape index (κ1) is 12.2. The average molecular weight is 283 g/mol. The normalized spacial score (nSPS) is 13.1. The Labute approximate surface area is 93.2 Å². The van der Waals surface area contributed by atoms with E-state index in [1.807, 2.05) is 0 Å². The summed E-state index contributed by atoms with van der Waals surface area (Å²) in [6.07, 6.45) is -3.39. The molecule has 0 saturated heterocycles. The number of hydrogen-bond donors (Lipinski definition) is 1. The highest BCUT2D eigenvalue weighted by Gasteiger charge is 2.29. The van der Waals surface area contributed by atoms with Crippen molar-refractivity contribution in [3.8, 4) is 0 Å². The number of halogens is 3. The molecule has 0 bridgehead atoms. The molecule has 0 aliphatic carbocycles. The van der Waals surface area contributed by atoms with Gasteiger partial charge in [-0.2, -0.15) is 0 Å². The lowest BCUT2D eigenvalue weighted by Gasteiger charge is -2.11. The van der Waals surface area contributed by atoms with Crippen molar-refractivity contribution in [1.29, 1.82) is 0 Å². The maximum absolute atomic E-state index is 12.6. The summed E-state index contributed by atoms with van der Waals surface area (Å²) >= 11 is 3.01. The highest BCUT2D eigenvalue weighted by Crippen LogP contribution is 2.32. The van der Waals surface area contributed by atoms with E-state index in [0.717, 1.165) is 0 Å². The molecule has 1 unspecified atom stereocenters. The predicted molar refractivity (Wildman–Crippen MR) is 52.1 cm³/mol. The van der Waals surface area contributed by atoms with Crippen molar-refractivity contribution in [2.45, 2.75) is 25.7 Å². The molecule has 0 fully saturated rings. The van der Waals surface area contributed by atoms with Crippen LogP contribution < -0.4 is 0 Å². The SMILES string of the molecule is Cc1cc(Br)oc1C(CC(=O)O)C(F)F. The molecular formula is C9H9BrF2O3. The minimum atomic E-state index is -2.75. The number of rotatable bonds is 4. The summed E-state index contributed by atoms with van der Waals surface area (Å²) in [6, 6.07) is 1.53. The molecule has 1 aromatic rings. The first-order chi connectivity index (χ1) is 6.91. The summed E-state index contributed by atoms with van der Waals surface area (Å²) in [7, 11) is 0. The zero-order chi connectivity index (χ0) is 11.6. The monoisotopic (exact) mass is 282 g/mol. The van der Waals surface area contributed by atoms with Crippen LogP contribution in [-0.4, -0.2) is 17.5 Å². The largest absolute Gasteiger partial charge is 0.481 e. The number of furan rings is 1. The Balaban J connectivity index is 2.98. The van der Waals surface area contributed by atoms with Crippen molar-refractivity contribution in [1.82, 2.24) is 0 Å². The summed E-state index contributed by atoms with van der Waals surface area (Å²) in [5.74, 6) is -2.64. The second-order valence-corrected chi connectivity index (χ2v) is 3.92. The third-order valence-corrected chi connectivity index (χ3v) is 2.35. The van der Waals surface area contributed by atoms with Crippen LogP contribution in [0.5, 0.6) is 0 Å². The van der Waals surface area contributed by atoms with Gasteiger partial charge in [0.05, 0.1) is 12.3 Å². The molecule has 0 aliphatic heterocycles. The molecule has 0 amide bonds. The number of carboxylic acids is 1. The summed E-state index contributed by atoms with van der Waals surface area (Å²) in [6.45, 7) is 1.60. The van der Waals surface area contributed by atoms with Crippen LogP contribution in [-0.2, 0) is 4.79 Å². The zero-order valence-electron chi connectivity index (χ0n) is 7.84. The maximum atomic E-state index is 12.6. The Bertz CT molecular complexity index is 362. The fraction of sp³-hybridized carbons (Fsp3) is 0.444. The van der Waals surface area contributed by atoms with Crippen LogP contribution in [0, 0.1) is 6.92 Å². The number of aliphatic carboxylic acids is 1. The van der Waals surface area contributed by atoms with Gasteiger partial charge in [-0.25, -0.2) is 8.78 Å². The number of hydrogen-bond acceptors (Lipinski definition) is 2. The zero-order valence-corrected chi connectivity index (χ0v) is 9.42. The van der Waals surface area contributed by atoms with Gasteiger partial charge < -0.3 is 9.52 Å². The molecule has 1 aromatic heterocycles. The molecule has 1 atom stereocenters. The number of alkyl halides is 2. The Hall–Kier alpha value is -0.910. The molecule has 84 valence electrons. The van der Waals surface area contributed by atoms with Gasteiger partial charge in [-0.15, -0.1) is 0 Å². The standard InChI is InChI=1S/C9H9BrF2O3/c1-4-2-6(10)15-8(4)5(9(11)12)3-7(13)14/h2,5,9H,3H2,1H3,(H,13,14). The van der Waals surface area contributed by atoms with Gasteiger partial charge in [0.25, 0.3) is 0 Å². The van der Waals surface area contributed by atoms with Crippen molar-refractivity contribution in [3.63, 3.8) is 0 Å². The minimum Gasteiger partial charge on any atom is -0.481 e. The summed E-state index contributed by atoms with van der Waals surface area (Å²) in [5.41, 5.74) is 0.522. The predicted octanol–water partition coefficient (Wildman–Crippen LogP) is 3.17. The molecule has 0 saturated carbocycles. The molecule has 6 heteroatoms. The van der Waals surface area contributed by atoms with Crippen LogP contribution in [0.3, 0.4) is 0 Å². The smallest absolute Gasteiger partial charge is 0.304 e. The molecule has 0 radical (unpaired) electrons. The van der Waals surface area contributed by atoms with E-state index < -0.39 is 24.7 Å². The molecule has 0 spiro atoms. The lowest BCUT2D eigenvalue weighted by Crippen LogP contribution is -2.14. The third-order valence-electron chi connectivity index (χ3n) is 1.96. The van der Waals surface area contributed by atoms with E-state index in [0.29, 0.717) is 10.2 Å². The Morgan fingerprint density at radius 3 is 2.60 bits per heavy atom. The Morgan fingerprint density at radius 1 is 1.67 bits per heavy atom. The lowest BCUT2D eigenvalue weighted by atomic mass is 10.0. The van der Waals surface area contributed by atoms with Gasteiger partial charge in [0.1, 0.15) is 5.76 Å². The summed E-state index contributed by atoms with van der Waals surface area (Å²) in [4.78, 5) is 10.4. The first-order valence-corrected chi connectivity index (χ1v) is 4.97. The highest BCUT2D eigenvalue weighted by atomic mass is 79.9. The summed E-state index contributed by atoms with van der Waals surface area (Å²) in [5, 5.41) is 8.51. The van der Waals surface area contributed by atoms with E-state index in [1.165, 1.54) is 6.07 Å². The van der Waals surface area contributed by atoms with Crippen LogP contribution >= 0.6 is 15.9 Å². The van der Waals surface area contributed by atoms with Crippen LogP contribution in [0.2, 0.25) is 0 Å². The molecule has 3 nitrogen and oxygen atoms in total. The fourth-order valence-electron chi connectivity index (χ4n) is 1.31. The number of aryl methyl sites for hydroxylation is 1. The summed E-state index contributed by atoms with van der Waals surface area (Å²) < 4.78 is 30.5. The molecule has 1 rings (SSSR count). The van der Waals surface area contributed by atoms with E-state index in [4.69, 9.17) is 9.52 Å². The van der Waals surface area contributed by atoms with E-state index in [1.54, 1.807) is 6.92 Å². The second kappa shape index (κ2) is 4.74. The fourth-order valence-corrected chi connectivity index (χ4v) is 1.83. The Morgan fingerprint density at radius 2 is 2.27 bits per heavy atom. The first-order valence-electron chi connectivity index (χ1n) is 4.17. The van der Waals surface area contributed by atoms with Gasteiger partial charge in [-0.05, 0) is 34.5 Å². The van der Waals surface area contributed by atoms with Gasteiger partial charge in [0.2, 0.25) is 6.43 Å². The molecule has 0 aliphatic rings. The van der Waals surface area contributed by atoms with Gasteiger partial charge in [-0.3, -0.25) is 4.79 Å². The van der Waals surface area contributed by atoms with Crippen molar-refractivity contribution < 1.29 is 23.1 Å². The average Bonchev–Trinajstić information content (AvgIpc) is 2.40. The Kier molecular flexibility index (Phi) is 3.84. The van der Waals surface area contributed by atoms with Crippen molar-refractivity contribution >= 4 is 21.9 Å². The second-order valence-electron chi connectivity index (χ2n) is 3.14. The lowest BCUT2D eigenvalue weighted by molar-refractivity contribution is -0.138. The van der Waals surface area contributed by atoms with Gasteiger partial charge in [-0.1, -0.05) is 0 Å². The van der Waals surface area contributed by atoms with E-state index in [2.05, 4.69) is 15.9 Å². The van der Waals surface area contributed by atoms with Crippen LogP contribution in [0.15, 0.2) is 15.2 Å². The highest BCUT2D eigenvalue weighted by molar-refractivity contribution is 9.10. The molecule has 1 heterocycles. The topological polar surface area (TPSA) is 50.4 Å². The van der Waals surface area contributed by atoms with Crippen molar-refractivity contribution in [2.75, 3.05) is 0 Å². The molecule has 15 heavy (non-hydrogen) atoms. The van der Waals surface area contributed by atoms with Gasteiger partial charge >= 0.3 is 5.97 Å². The molecular weight excluding hydrogens is 274 g/mol.